The van der Waals surface area contributed by atoms with Gasteiger partial charge in [-0.25, -0.2) is 8.78 Å². The van der Waals surface area contributed by atoms with Gasteiger partial charge in [-0.2, -0.15) is 0 Å². The zero-order valence-corrected chi connectivity index (χ0v) is 8.54. The average molecular weight is 225 g/mol. The predicted octanol–water partition coefficient (Wildman–Crippen LogP) is 1.44. The van der Waals surface area contributed by atoms with Gasteiger partial charge in [-0.3, -0.25) is 14.5 Å². The molecule has 1 fully saturated rings. The smallest absolute Gasteiger partial charge is 0.237 e. The van der Waals surface area contributed by atoms with Crippen LogP contribution in [-0.4, -0.2) is 23.8 Å². The second-order valence-electron chi connectivity index (χ2n) is 3.68. The fourth-order valence-electron chi connectivity index (χ4n) is 1.82. The highest BCUT2D eigenvalue weighted by atomic mass is 19.1. The Labute approximate surface area is 90.7 Å². The van der Waals surface area contributed by atoms with Crippen LogP contribution in [-0.2, 0) is 9.59 Å². The molecule has 1 unspecified atom stereocenters. The molecule has 1 aliphatic heterocycles. The van der Waals surface area contributed by atoms with Crippen molar-refractivity contribution in [3.8, 4) is 0 Å². The molecule has 0 radical (unpaired) electrons. The molecule has 3 nitrogen and oxygen atoms in total. The van der Waals surface area contributed by atoms with Crippen LogP contribution in [0.25, 0.3) is 0 Å². The molecule has 0 bridgehead atoms. The largest absolute Gasteiger partial charge is 0.285 e. The van der Waals surface area contributed by atoms with Crippen LogP contribution in [0.15, 0.2) is 18.2 Å². The Kier molecular flexibility index (Phi) is 2.46. The number of nitrogens with zero attached hydrogens (tertiary/aromatic N) is 1. The van der Waals surface area contributed by atoms with E-state index in [0.29, 0.717) is 0 Å². The normalized spacial score (nSPS) is 20.7. The van der Waals surface area contributed by atoms with E-state index in [1.807, 2.05) is 0 Å². The first-order chi connectivity index (χ1) is 7.52. The highest BCUT2D eigenvalue weighted by Gasteiger charge is 2.39. The first kappa shape index (κ1) is 10.7. The minimum atomic E-state index is -1.03. The van der Waals surface area contributed by atoms with E-state index in [4.69, 9.17) is 0 Å². The van der Waals surface area contributed by atoms with Crippen LogP contribution in [0.4, 0.5) is 8.78 Å². The van der Waals surface area contributed by atoms with Gasteiger partial charge in [0.2, 0.25) is 11.8 Å². The molecule has 5 heteroatoms. The summed E-state index contributed by atoms with van der Waals surface area (Å²) in [7, 11) is 1.31. The van der Waals surface area contributed by atoms with E-state index in [9.17, 15) is 18.4 Å². The van der Waals surface area contributed by atoms with Crippen molar-refractivity contribution < 1.29 is 18.4 Å². The number of hydrogen-bond acceptors (Lipinski definition) is 2. The lowest BCUT2D eigenvalue weighted by molar-refractivity contribution is -0.137. The van der Waals surface area contributed by atoms with Gasteiger partial charge in [-0.05, 0) is 12.1 Å². The Balaban J connectivity index is 2.47. The van der Waals surface area contributed by atoms with Gasteiger partial charge in [0.25, 0.3) is 0 Å². The number of carbonyl (C=O) groups is 2. The van der Waals surface area contributed by atoms with Crippen LogP contribution >= 0.6 is 0 Å². The number of amides is 2. The van der Waals surface area contributed by atoms with Crippen molar-refractivity contribution in [3.05, 3.63) is 35.4 Å². The summed E-state index contributed by atoms with van der Waals surface area (Å²) in [6.45, 7) is 0. The summed E-state index contributed by atoms with van der Waals surface area (Å²) in [5.74, 6) is -3.59. The summed E-state index contributed by atoms with van der Waals surface area (Å²) >= 11 is 0. The van der Waals surface area contributed by atoms with E-state index in [-0.39, 0.29) is 12.0 Å². The minimum absolute atomic E-state index is 0.173. The van der Waals surface area contributed by atoms with E-state index in [1.165, 1.54) is 13.1 Å². The fourth-order valence-corrected chi connectivity index (χ4v) is 1.82. The molecular weight excluding hydrogens is 216 g/mol. The van der Waals surface area contributed by atoms with Crippen molar-refractivity contribution in [2.24, 2.45) is 0 Å². The molecular formula is C11H9F2NO2. The van der Waals surface area contributed by atoms with Crippen LogP contribution in [0.1, 0.15) is 17.9 Å². The number of hydrogen-bond donors (Lipinski definition) is 0. The van der Waals surface area contributed by atoms with E-state index in [1.54, 1.807) is 0 Å². The topological polar surface area (TPSA) is 37.4 Å². The number of rotatable bonds is 1. The lowest BCUT2D eigenvalue weighted by Gasteiger charge is -2.10. The van der Waals surface area contributed by atoms with Crippen LogP contribution in [0, 0.1) is 11.6 Å². The Morgan fingerprint density at radius 2 is 1.81 bits per heavy atom. The molecule has 2 rings (SSSR count). The molecule has 1 saturated heterocycles. The zero-order valence-electron chi connectivity index (χ0n) is 8.54. The Morgan fingerprint density at radius 3 is 2.25 bits per heavy atom. The summed E-state index contributed by atoms with van der Waals surface area (Å²) in [4.78, 5) is 23.7. The molecule has 1 aliphatic rings. The van der Waals surface area contributed by atoms with Gasteiger partial charge in [0.05, 0.1) is 5.92 Å². The third-order valence-electron chi connectivity index (χ3n) is 2.73. The van der Waals surface area contributed by atoms with Crippen molar-refractivity contribution in [2.45, 2.75) is 12.3 Å². The second kappa shape index (κ2) is 3.66. The lowest BCUT2D eigenvalue weighted by Crippen LogP contribution is -2.25. The molecule has 0 N–H and O–H groups in total. The summed E-state index contributed by atoms with van der Waals surface area (Å²) in [5, 5.41) is 0. The first-order valence-electron chi connectivity index (χ1n) is 4.76. The van der Waals surface area contributed by atoms with E-state index in [0.717, 1.165) is 17.0 Å². The molecule has 1 aromatic carbocycles. The Bertz CT molecular complexity index is 453. The maximum absolute atomic E-state index is 13.4. The summed E-state index contributed by atoms with van der Waals surface area (Å²) in [6.07, 6.45) is -0.173. The fraction of sp³-hybridized carbons (Fsp3) is 0.273. The lowest BCUT2D eigenvalue weighted by atomic mass is 9.96. The zero-order chi connectivity index (χ0) is 11.9. The predicted molar refractivity (Wildman–Crippen MR) is 51.5 cm³/mol. The van der Waals surface area contributed by atoms with Crippen molar-refractivity contribution in [3.63, 3.8) is 0 Å². The third kappa shape index (κ3) is 1.48. The van der Waals surface area contributed by atoms with Gasteiger partial charge < -0.3 is 0 Å². The highest BCUT2D eigenvalue weighted by Crippen LogP contribution is 2.31. The number of benzene rings is 1. The molecule has 0 aromatic heterocycles. The standard InChI is InChI=1S/C11H9F2NO2/c1-14-9(15)5-6(11(14)16)10-7(12)3-2-4-8(10)13/h2-4,6H,5H2,1H3. The van der Waals surface area contributed by atoms with Crippen molar-refractivity contribution in [1.29, 1.82) is 0 Å². The van der Waals surface area contributed by atoms with Crippen LogP contribution < -0.4 is 0 Å². The molecule has 84 valence electrons. The number of carbonyl (C=O) groups excluding carboxylic acids is 2. The van der Waals surface area contributed by atoms with Crippen molar-refractivity contribution in [1.82, 2.24) is 4.90 Å². The monoisotopic (exact) mass is 225 g/mol. The number of likely N-dealkylation sites (tertiary alicyclic amines) is 1. The first-order valence-corrected chi connectivity index (χ1v) is 4.76. The summed E-state index contributed by atoms with van der Waals surface area (Å²) < 4.78 is 26.8. The van der Waals surface area contributed by atoms with Gasteiger partial charge in [0, 0.05) is 19.0 Å². The van der Waals surface area contributed by atoms with Crippen LogP contribution in [0.5, 0.6) is 0 Å². The van der Waals surface area contributed by atoms with Gasteiger partial charge in [0.15, 0.2) is 0 Å². The van der Waals surface area contributed by atoms with Gasteiger partial charge in [-0.15, -0.1) is 0 Å². The third-order valence-corrected chi connectivity index (χ3v) is 2.73. The van der Waals surface area contributed by atoms with Gasteiger partial charge >= 0.3 is 0 Å². The maximum Gasteiger partial charge on any atom is 0.237 e. The molecule has 2 amide bonds. The molecule has 1 heterocycles. The number of halogens is 2. The van der Waals surface area contributed by atoms with E-state index < -0.39 is 29.4 Å². The molecule has 1 atom stereocenters. The SMILES string of the molecule is CN1C(=O)CC(c2c(F)cccc2F)C1=O. The molecule has 0 aliphatic carbocycles. The Morgan fingerprint density at radius 1 is 1.25 bits per heavy atom. The van der Waals surface area contributed by atoms with Crippen molar-refractivity contribution >= 4 is 11.8 Å². The van der Waals surface area contributed by atoms with Gasteiger partial charge in [0.1, 0.15) is 11.6 Å². The Hall–Kier alpha value is -1.78. The molecule has 16 heavy (non-hydrogen) atoms. The van der Waals surface area contributed by atoms with Crippen LogP contribution in [0.3, 0.4) is 0 Å². The second-order valence-corrected chi connectivity index (χ2v) is 3.68. The van der Waals surface area contributed by atoms with Crippen LogP contribution in [0.2, 0.25) is 0 Å². The van der Waals surface area contributed by atoms with Gasteiger partial charge in [-0.1, -0.05) is 6.07 Å². The number of imide groups is 1. The summed E-state index contributed by atoms with van der Waals surface area (Å²) in [6, 6.07) is 3.38. The molecule has 0 saturated carbocycles. The molecule has 0 spiro atoms. The minimum Gasteiger partial charge on any atom is -0.285 e. The molecule has 1 aromatic rings. The quantitative estimate of drug-likeness (QED) is 0.678. The number of likely N-dealkylation sites (N-methyl/N-ethyl adjacent to an activating group) is 1. The van der Waals surface area contributed by atoms with E-state index in [2.05, 4.69) is 0 Å². The average Bonchev–Trinajstić information content (AvgIpc) is 2.47. The maximum atomic E-state index is 13.4. The summed E-state index contributed by atoms with van der Waals surface area (Å²) in [5.41, 5.74) is -0.315. The van der Waals surface area contributed by atoms with E-state index >= 15 is 0 Å². The highest BCUT2D eigenvalue weighted by molar-refractivity contribution is 6.05. The van der Waals surface area contributed by atoms with Crippen molar-refractivity contribution in [2.75, 3.05) is 7.05 Å².